The Labute approximate surface area is 121 Å². The molecule has 0 radical (unpaired) electrons. The highest BCUT2D eigenvalue weighted by atomic mass is 16.5. The van der Waals surface area contributed by atoms with Crippen molar-refractivity contribution in [3.05, 3.63) is 53.1 Å². The summed E-state index contributed by atoms with van der Waals surface area (Å²) in [7, 11) is 4.00. The van der Waals surface area contributed by atoms with Crippen molar-refractivity contribution < 1.29 is 4.74 Å². The van der Waals surface area contributed by atoms with Gasteiger partial charge in [0.2, 0.25) is 0 Å². The number of nitrogens with zero attached hydrogens (tertiary/aromatic N) is 1. The summed E-state index contributed by atoms with van der Waals surface area (Å²) in [6.45, 7) is 4.75. The number of benzene rings is 2. The maximum Gasteiger partial charge on any atom is 0.144 e. The molecule has 20 heavy (non-hydrogen) atoms. The second kappa shape index (κ2) is 5.87. The normalized spacial score (nSPS) is 10.4. The highest BCUT2D eigenvalue weighted by Gasteiger charge is 2.07. The molecule has 0 saturated carbocycles. The van der Waals surface area contributed by atoms with E-state index in [1.807, 2.05) is 37.2 Å². The van der Waals surface area contributed by atoms with Gasteiger partial charge in [0.1, 0.15) is 12.4 Å². The zero-order valence-corrected chi connectivity index (χ0v) is 12.6. The third kappa shape index (κ3) is 3.05. The van der Waals surface area contributed by atoms with E-state index in [9.17, 15) is 0 Å². The Kier molecular flexibility index (Phi) is 4.18. The minimum Gasteiger partial charge on any atom is -0.487 e. The van der Waals surface area contributed by atoms with Crippen LogP contribution >= 0.6 is 0 Å². The van der Waals surface area contributed by atoms with Crippen LogP contribution < -0.4 is 15.4 Å². The lowest BCUT2D eigenvalue weighted by molar-refractivity contribution is 0.306. The molecule has 0 aliphatic heterocycles. The van der Waals surface area contributed by atoms with Crippen molar-refractivity contribution in [1.29, 1.82) is 0 Å². The summed E-state index contributed by atoms with van der Waals surface area (Å²) in [4.78, 5) is 2.03. The summed E-state index contributed by atoms with van der Waals surface area (Å²) in [5.41, 5.74) is 11.4. The minimum absolute atomic E-state index is 0.541. The second-order valence-electron chi connectivity index (χ2n) is 5.28. The molecule has 0 aliphatic rings. The van der Waals surface area contributed by atoms with Crippen molar-refractivity contribution in [2.45, 2.75) is 20.5 Å². The molecule has 2 aromatic rings. The molecule has 0 aromatic heterocycles. The van der Waals surface area contributed by atoms with Gasteiger partial charge in [-0.2, -0.15) is 0 Å². The first-order valence-corrected chi connectivity index (χ1v) is 6.74. The predicted molar refractivity (Wildman–Crippen MR) is 85.4 cm³/mol. The number of nitrogens with two attached hydrogens (primary N) is 1. The molecule has 0 heterocycles. The van der Waals surface area contributed by atoms with Crippen LogP contribution in [0.15, 0.2) is 36.4 Å². The van der Waals surface area contributed by atoms with Gasteiger partial charge in [-0.25, -0.2) is 0 Å². The SMILES string of the molecule is Cc1cccc(C)c1COc1cc(N(C)C)ccc1N. The molecule has 0 fully saturated rings. The van der Waals surface area contributed by atoms with Gasteiger partial charge in [0.15, 0.2) is 0 Å². The first kappa shape index (κ1) is 14.3. The quantitative estimate of drug-likeness (QED) is 0.864. The van der Waals surface area contributed by atoms with Crippen molar-refractivity contribution in [2.24, 2.45) is 0 Å². The molecule has 0 saturated heterocycles. The van der Waals surface area contributed by atoms with E-state index in [2.05, 4.69) is 32.0 Å². The molecule has 106 valence electrons. The van der Waals surface area contributed by atoms with Crippen LogP contribution in [0.25, 0.3) is 0 Å². The molecule has 0 aliphatic carbocycles. The number of anilines is 2. The summed E-state index contributed by atoms with van der Waals surface area (Å²) < 4.78 is 5.92. The van der Waals surface area contributed by atoms with E-state index in [4.69, 9.17) is 10.5 Å². The Morgan fingerprint density at radius 3 is 2.30 bits per heavy atom. The van der Waals surface area contributed by atoms with E-state index >= 15 is 0 Å². The average Bonchev–Trinajstić information content (AvgIpc) is 2.39. The predicted octanol–water partition coefficient (Wildman–Crippen LogP) is 3.53. The number of hydrogen-bond acceptors (Lipinski definition) is 3. The summed E-state index contributed by atoms with van der Waals surface area (Å²) in [5, 5.41) is 0. The Balaban J connectivity index is 2.20. The van der Waals surface area contributed by atoms with Crippen LogP contribution in [0.2, 0.25) is 0 Å². The van der Waals surface area contributed by atoms with E-state index in [0.29, 0.717) is 12.3 Å². The topological polar surface area (TPSA) is 38.5 Å². The summed E-state index contributed by atoms with van der Waals surface area (Å²) in [6, 6.07) is 12.1. The second-order valence-corrected chi connectivity index (χ2v) is 5.28. The lowest BCUT2D eigenvalue weighted by Crippen LogP contribution is -2.09. The summed E-state index contributed by atoms with van der Waals surface area (Å²) in [5.74, 6) is 0.735. The van der Waals surface area contributed by atoms with Crippen LogP contribution in [0.5, 0.6) is 5.75 Å². The van der Waals surface area contributed by atoms with Crippen molar-refractivity contribution in [2.75, 3.05) is 24.7 Å². The standard InChI is InChI=1S/C17H22N2O/c1-12-6-5-7-13(2)15(12)11-20-17-10-14(19(3)4)8-9-16(17)18/h5-10H,11,18H2,1-4H3. The van der Waals surface area contributed by atoms with E-state index in [1.54, 1.807) is 0 Å². The summed E-state index contributed by atoms with van der Waals surface area (Å²) >= 11 is 0. The van der Waals surface area contributed by atoms with Gasteiger partial charge in [0.05, 0.1) is 5.69 Å². The van der Waals surface area contributed by atoms with E-state index in [0.717, 1.165) is 11.4 Å². The molecular formula is C17H22N2O. The van der Waals surface area contributed by atoms with Crippen molar-refractivity contribution in [3.8, 4) is 5.75 Å². The fraction of sp³-hybridized carbons (Fsp3) is 0.294. The highest BCUT2D eigenvalue weighted by molar-refractivity contribution is 5.62. The van der Waals surface area contributed by atoms with Gasteiger partial charge >= 0.3 is 0 Å². The number of rotatable bonds is 4. The Morgan fingerprint density at radius 2 is 1.70 bits per heavy atom. The van der Waals surface area contributed by atoms with Gasteiger partial charge in [-0.05, 0) is 42.7 Å². The maximum absolute atomic E-state index is 5.99. The first-order chi connectivity index (χ1) is 9.49. The third-order valence-electron chi connectivity index (χ3n) is 3.53. The molecule has 0 bridgehead atoms. The minimum atomic E-state index is 0.541. The Bertz CT molecular complexity index is 586. The monoisotopic (exact) mass is 270 g/mol. The van der Waals surface area contributed by atoms with Gasteiger partial charge < -0.3 is 15.4 Å². The van der Waals surface area contributed by atoms with Crippen LogP contribution in [0.4, 0.5) is 11.4 Å². The Morgan fingerprint density at radius 1 is 1.05 bits per heavy atom. The van der Waals surface area contributed by atoms with Crippen LogP contribution in [0.3, 0.4) is 0 Å². The molecule has 2 aromatic carbocycles. The molecule has 3 nitrogen and oxygen atoms in total. The van der Waals surface area contributed by atoms with Crippen molar-refractivity contribution in [3.63, 3.8) is 0 Å². The van der Waals surface area contributed by atoms with Gasteiger partial charge in [-0.1, -0.05) is 18.2 Å². The third-order valence-corrected chi connectivity index (χ3v) is 3.53. The molecule has 2 N–H and O–H groups in total. The lowest BCUT2D eigenvalue weighted by Gasteiger charge is -2.17. The molecule has 3 heteroatoms. The van der Waals surface area contributed by atoms with E-state index in [-0.39, 0.29) is 0 Å². The van der Waals surface area contributed by atoms with Crippen LogP contribution in [-0.2, 0) is 6.61 Å². The van der Waals surface area contributed by atoms with Crippen LogP contribution in [0.1, 0.15) is 16.7 Å². The van der Waals surface area contributed by atoms with Crippen LogP contribution in [-0.4, -0.2) is 14.1 Å². The van der Waals surface area contributed by atoms with Gasteiger partial charge in [-0.15, -0.1) is 0 Å². The van der Waals surface area contributed by atoms with Crippen molar-refractivity contribution >= 4 is 11.4 Å². The highest BCUT2D eigenvalue weighted by Crippen LogP contribution is 2.28. The molecule has 0 spiro atoms. The molecule has 0 atom stereocenters. The zero-order valence-electron chi connectivity index (χ0n) is 12.6. The first-order valence-electron chi connectivity index (χ1n) is 6.74. The lowest BCUT2D eigenvalue weighted by atomic mass is 10.0. The van der Waals surface area contributed by atoms with E-state index < -0.39 is 0 Å². The Hall–Kier alpha value is -2.16. The van der Waals surface area contributed by atoms with Crippen molar-refractivity contribution in [1.82, 2.24) is 0 Å². The van der Waals surface area contributed by atoms with E-state index in [1.165, 1.54) is 16.7 Å². The van der Waals surface area contributed by atoms with Crippen LogP contribution in [0, 0.1) is 13.8 Å². The summed E-state index contributed by atoms with van der Waals surface area (Å²) in [6.07, 6.45) is 0. The smallest absolute Gasteiger partial charge is 0.144 e. The van der Waals surface area contributed by atoms with Gasteiger partial charge in [-0.3, -0.25) is 0 Å². The molecule has 0 unspecified atom stereocenters. The maximum atomic E-state index is 5.99. The number of ether oxygens (including phenoxy) is 1. The number of hydrogen-bond donors (Lipinski definition) is 1. The fourth-order valence-electron chi connectivity index (χ4n) is 2.15. The zero-order chi connectivity index (χ0) is 14.7. The molecule has 2 rings (SSSR count). The molecular weight excluding hydrogens is 248 g/mol. The van der Waals surface area contributed by atoms with Gasteiger partial charge in [0.25, 0.3) is 0 Å². The fourth-order valence-corrected chi connectivity index (χ4v) is 2.15. The largest absolute Gasteiger partial charge is 0.487 e. The average molecular weight is 270 g/mol. The molecule has 0 amide bonds. The number of nitrogen functional groups attached to an aromatic ring is 1. The van der Waals surface area contributed by atoms with Gasteiger partial charge in [0, 0.05) is 25.8 Å². The number of aryl methyl sites for hydroxylation is 2.